The molecule has 6 heterocycles. The second-order valence-corrected chi connectivity index (χ2v) is 9.80. The number of nitrogens with zero attached hydrogens (tertiary/aromatic N) is 5. The number of aliphatic hydroxyl groups excluding tert-OH is 1. The first-order valence-corrected chi connectivity index (χ1v) is 11.5. The number of hydrogen-bond donors (Lipinski definition) is 3. The Morgan fingerprint density at radius 1 is 1.35 bits per heavy atom. The van der Waals surface area contributed by atoms with Crippen molar-refractivity contribution in [3.63, 3.8) is 0 Å². The summed E-state index contributed by atoms with van der Waals surface area (Å²) in [4.78, 5) is 17.4. The predicted octanol–water partition coefficient (Wildman–Crippen LogP) is 3.05. The highest BCUT2D eigenvalue weighted by atomic mass is 32.1. The molecule has 0 aromatic carbocycles. The van der Waals surface area contributed by atoms with E-state index in [1.54, 1.807) is 12.4 Å². The third kappa shape index (κ3) is 3.05. The van der Waals surface area contributed by atoms with Crippen LogP contribution in [0, 0.1) is 11.3 Å². The van der Waals surface area contributed by atoms with Gasteiger partial charge in [-0.1, -0.05) is 0 Å². The van der Waals surface area contributed by atoms with Crippen molar-refractivity contribution in [2.24, 2.45) is 0 Å². The molecule has 0 spiro atoms. The monoisotopic (exact) mass is 433 g/mol. The van der Waals surface area contributed by atoms with E-state index < -0.39 is 0 Å². The number of pyridine rings is 2. The van der Waals surface area contributed by atoms with Crippen LogP contribution in [0.1, 0.15) is 30.6 Å². The molecule has 3 aliphatic rings. The van der Waals surface area contributed by atoms with Gasteiger partial charge in [-0.2, -0.15) is 5.26 Å². The number of nitrogens with one attached hydrogen (secondary N) is 2. The van der Waals surface area contributed by atoms with Crippen LogP contribution < -0.4 is 10.6 Å². The summed E-state index contributed by atoms with van der Waals surface area (Å²) in [6.07, 6.45) is 8.12. The van der Waals surface area contributed by atoms with Crippen molar-refractivity contribution in [1.82, 2.24) is 19.9 Å². The van der Waals surface area contributed by atoms with Crippen LogP contribution in [0.4, 0.5) is 16.8 Å². The van der Waals surface area contributed by atoms with Crippen LogP contribution >= 0.6 is 11.3 Å². The molecule has 0 aliphatic carbocycles. The number of fused-ring (bicyclic) bond motifs is 2. The number of nitriles is 1. The van der Waals surface area contributed by atoms with Crippen LogP contribution in [0.15, 0.2) is 30.6 Å². The summed E-state index contributed by atoms with van der Waals surface area (Å²) < 4.78 is 0. The summed E-state index contributed by atoms with van der Waals surface area (Å²) in [5, 5.41) is 27.1. The zero-order chi connectivity index (χ0) is 21.0. The minimum Gasteiger partial charge on any atom is -0.396 e. The number of thiazole rings is 1. The largest absolute Gasteiger partial charge is 0.396 e. The van der Waals surface area contributed by atoms with Crippen LogP contribution in [-0.2, 0) is 6.42 Å². The van der Waals surface area contributed by atoms with Gasteiger partial charge in [0, 0.05) is 59.9 Å². The molecule has 8 nitrogen and oxygen atoms in total. The molecular weight excluding hydrogens is 410 g/mol. The zero-order valence-electron chi connectivity index (χ0n) is 17.0. The van der Waals surface area contributed by atoms with Crippen LogP contribution in [0.3, 0.4) is 0 Å². The molecule has 3 saturated heterocycles. The van der Waals surface area contributed by atoms with Crippen molar-refractivity contribution in [1.29, 1.82) is 5.26 Å². The predicted molar refractivity (Wildman–Crippen MR) is 119 cm³/mol. The van der Waals surface area contributed by atoms with E-state index in [2.05, 4.69) is 31.6 Å². The lowest BCUT2D eigenvalue weighted by molar-refractivity contribution is 0.142. The Morgan fingerprint density at radius 3 is 3.16 bits per heavy atom. The maximum absolute atomic E-state index is 9.18. The summed E-state index contributed by atoms with van der Waals surface area (Å²) in [6.45, 7) is 0.115. The van der Waals surface area contributed by atoms with Crippen molar-refractivity contribution in [3.05, 3.63) is 35.5 Å². The zero-order valence-corrected chi connectivity index (χ0v) is 17.8. The summed E-state index contributed by atoms with van der Waals surface area (Å²) in [5.41, 5.74) is 1.05. The van der Waals surface area contributed by atoms with Crippen LogP contribution in [0.5, 0.6) is 0 Å². The molecule has 158 valence electrons. The molecule has 0 bridgehead atoms. The minimum atomic E-state index is 0.115. The minimum absolute atomic E-state index is 0.115. The van der Waals surface area contributed by atoms with Gasteiger partial charge in [0.2, 0.25) is 0 Å². The lowest BCUT2D eigenvalue weighted by Gasteiger charge is -2.37. The maximum Gasteiger partial charge on any atom is 0.188 e. The number of piperidine rings is 1. The molecule has 5 unspecified atom stereocenters. The van der Waals surface area contributed by atoms with E-state index >= 15 is 0 Å². The quantitative estimate of drug-likeness (QED) is 0.488. The molecule has 6 rings (SSSR count). The second-order valence-electron chi connectivity index (χ2n) is 8.69. The van der Waals surface area contributed by atoms with Crippen molar-refractivity contribution in [2.75, 3.05) is 17.2 Å². The van der Waals surface area contributed by atoms with Gasteiger partial charge in [-0.25, -0.2) is 9.97 Å². The third-order valence-electron chi connectivity index (χ3n) is 6.92. The fourth-order valence-electron chi connectivity index (χ4n) is 5.62. The van der Waals surface area contributed by atoms with E-state index in [9.17, 15) is 5.26 Å². The Hall–Kier alpha value is -2.80. The number of anilines is 3. The highest BCUT2D eigenvalue weighted by Crippen LogP contribution is 2.64. The van der Waals surface area contributed by atoms with Gasteiger partial charge in [0.15, 0.2) is 5.13 Å². The Balaban J connectivity index is 1.25. The molecule has 3 aliphatic heterocycles. The topological polar surface area (TPSA) is 110 Å². The van der Waals surface area contributed by atoms with Gasteiger partial charge >= 0.3 is 0 Å². The van der Waals surface area contributed by atoms with E-state index in [0.29, 0.717) is 36.8 Å². The molecule has 3 N–H and O–H groups in total. The van der Waals surface area contributed by atoms with E-state index in [4.69, 9.17) is 10.1 Å². The molecule has 0 radical (unpaired) electrons. The van der Waals surface area contributed by atoms with Crippen LogP contribution in [-0.4, -0.2) is 55.2 Å². The molecule has 9 heteroatoms. The lowest BCUT2D eigenvalue weighted by Crippen LogP contribution is -2.45. The van der Waals surface area contributed by atoms with Gasteiger partial charge in [0.05, 0.1) is 23.5 Å². The van der Waals surface area contributed by atoms with E-state index in [0.717, 1.165) is 46.0 Å². The smallest absolute Gasteiger partial charge is 0.188 e. The molecule has 31 heavy (non-hydrogen) atoms. The van der Waals surface area contributed by atoms with Crippen molar-refractivity contribution in [3.8, 4) is 6.07 Å². The number of aliphatic hydroxyl groups is 1. The van der Waals surface area contributed by atoms with Crippen molar-refractivity contribution in [2.45, 2.75) is 55.8 Å². The van der Waals surface area contributed by atoms with E-state index in [1.165, 1.54) is 11.3 Å². The SMILES string of the molecule is N#CCC12CC3CC(Nc4nc(Nc5ncc(CCO)s5)cc5ncccc45)CC1N32. The van der Waals surface area contributed by atoms with E-state index in [-0.39, 0.29) is 12.1 Å². The maximum atomic E-state index is 9.18. The second kappa shape index (κ2) is 7.12. The Labute approximate surface area is 184 Å². The van der Waals surface area contributed by atoms with Gasteiger partial charge < -0.3 is 15.7 Å². The van der Waals surface area contributed by atoms with Crippen LogP contribution in [0.2, 0.25) is 0 Å². The summed E-state index contributed by atoms with van der Waals surface area (Å²) >= 11 is 1.52. The fraction of sp³-hybridized carbons (Fsp3) is 0.455. The van der Waals surface area contributed by atoms with Gasteiger partial charge in [-0.05, 0) is 31.4 Å². The highest BCUT2D eigenvalue weighted by molar-refractivity contribution is 7.15. The lowest BCUT2D eigenvalue weighted by atomic mass is 9.88. The first-order valence-electron chi connectivity index (χ1n) is 10.7. The molecule has 0 amide bonds. The van der Waals surface area contributed by atoms with Gasteiger partial charge in [-0.3, -0.25) is 9.88 Å². The highest BCUT2D eigenvalue weighted by Gasteiger charge is 2.74. The average Bonchev–Trinajstić information content (AvgIpc) is 3.05. The third-order valence-corrected chi connectivity index (χ3v) is 7.89. The van der Waals surface area contributed by atoms with Gasteiger partial charge in [-0.15, -0.1) is 11.3 Å². The first-order chi connectivity index (χ1) is 15.2. The molecular formula is C22H23N7OS. The Kier molecular flexibility index (Phi) is 4.35. The number of hydrogen-bond acceptors (Lipinski definition) is 9. The van der Waals surface area contributed by atoms with Gasteiger partial charge in [0.1, 0.15) is 11.6 Å². The summed E-state index contributed by atoms with van der Waals surface area (Å²) in [5.74, 6) is 1.54. The number of aromatic nitrogens is 3. The molecule has 3 fully saturated rings. The standard InChI is InChI=1S/C22H23N7OS/c23-5-4-22-11-14-8-13(9-18(22)29(14)22)26-20-16-2-1-6-24-17(16)10-19(27-20)28-21-25-12-15(31-21)3-7-30/h1-2,6,10,12-14,18,30H,3-4,7-9,11H2,(H2,25,26,27,28). The fourth-order valence-corrected chi connectivity index (χ4v) is 6.43. The molecule has 3 aromatic heterocycles. The van der Waals surface area contributed by atoms with E-state index in [1.807, 2.05) is 18.2 Å². The molecule has 0 saturated carbocycles. The summed E-state index contributed by atoms with van der Waals surface area (Å²) in [7, 11) is 0. The molecule has 3 aromatic rings. The van der Waals surface area contributed by atoms with Crippen molar-refractivity contribution >= 4 is 39.0 Å². The van der Waals surface area contributed by atoms with Crippen LogP contribution in [0.25, 0.3) is 10.9 Å². The normalized spacial score (nSPS) is 30.2. The van der Waals surface area contributed by atoms with Crippen molar-refractivity contribution < 1.29 is 5.11 Å². The molecule has 5 atom stereocenters. The van der Waals surface area contributed by atoms with Gasteiger partial charge in [0.25, 0.3) is 0 Å². The summed E-state index contributed by atoms with van der Waals surface area (Å²) in [6, 6.07) is 9.78. The Morgan fingerprint density at radius 2 is 2.29 bits per heavy atom. The number of rotatable bonds is 7. The first kappa shape index (κ1) is 18.9. The average molecular weight is 434 g/mol. The Bertz CT molecular complexity index is 1190.